The summed E-state index contributed by atoms with van der Waals surface area (Å²) in [7, 11) is 0. The molecule has 0 aliphatic heterocycles. The van der Waals surface area contributed by atoms with Crippen molar-refractivity contribution in [3.63, 3.8) is 0 Å². The van der Waals surface area contributed by atoms with Gasteiger partial charge in [0.25, 0.3) is 5.78 Å². The molecule has 0 bridgehead atoms. The number of halogens is 1. The van der Waals surface area contributed by atoms with Gasteiger partial charge < -0.3 is 9.73 Å². The van der Waals surface area contributed by atoms with Gasteiger partial charge in [0.1, 0.15) is 23.1 Å². The number of hydrogen-bond donors (Lipinski definition) is 1. The highest BCUT2D eigenvalue weighted by Gasteiger charge is 2.12. The molecular formula is C11H10ClN5O. The van der Waals surface area contributed by atoms with Gasteiger partial charge in [-0.3, -0.25) is 0 Å². The van der Waals surface area contributed by atoms with Gasteiger partial charge in [0.15, 0.2) is 0 Å². The molecule has 0 saturated heterocycles. The van der Waals surface area contributed by atoms with Crippen molar-refractivity contribution in [1.82, 2.24) is 19.6 Å². The number of rotatable bonds is 3. The van der Waals surface area contributed by atoms with Crippen LogP contribution in [0, 0.1) is 0 Å². The maximum Gasteiger partial charge on any atom is 0.255 e. The molecule has 1 atom stereocenters. The molecule has 92 valence electrons. The fourth-order valence-electron chi connectivity index (χ4n) is 1.72. The fraction of sp³-hybridized carbons (Fsp3) is 0.182. The van der Waals surface area contributed by atoms with Crippen molar-refractivity contribution in [2.75, 3.05) is 5.32 Å². The summed E-state index contributed by atoms with van der Waals surface area (Å²) in [4.78, 5) is 8.06. The van der Waals surface area contributed by atoms with Crippen LogP contribution in [0.1, 0.15) is 18.7 Å². The van der Waals surface area contributed by atoms with E-state index in [1.807, 2.05) is 19.1 Å². The first-order valence-electron chi connectivity index (χ1n) is 5.40. The van der Waals surface area contributed by atoms with Crippen LogP contribution in [-0.4, -0.2) is 19.6 Å². The molecule has 7 heteroatoms. The molecule has 0 amide bonds. The number of hydrogen-bond acceptors (Lipinski definition) is 5. The van der Waals surface area contributed by atoms with Gasteiger partial charge in [0.05, 0.1) is 12.3 Å². The van der Waals surface area contributed by atoms with Gasteiger partial charge in [-0.15, -0.1) is 0 Å². The standard InChI is InChI=1S/C11H10ClN5O/c1-7(8-3-2-4-18-8)15-10-5-9(12)16-11-13-6-14-17(10)11/h2-7,15H,1H3. The zero-order valence-electron chi connectivity index (χ0n) is 9.54. The molecule has 1 unspecified atom stereocenters. The van der Waals surface area contributed by atoms with Crippen LogP contribution in [0.3, 0.4) is 0 Å². The smallest absolute Gasteiger partial charge is 0.255 e. The summed E-state index contributed by atoms with van der Waals surface area (Å²) in [5.74, 6) is 2.00. The van der Waals surface area contributed by atoms with Crippen LogP contribution in [0.5, 0.6) is 0 Å². The molecule has 3 aromatic rings. The average Bonchev–Trinajstić information content (AvgIpc) is 2.98. The Kier molecular flexibility index (Phi) is 2.64. The Morgan fingerprint density at radius 3 is 3.17 bits per heavy atom. The van der Waals surface area contributed by atoms with Crippen LogP contribution >= 0.6 is 11.6 Å². The second-order valence-electron chi connectivity index (χ2n) is 3.82. The molecule has 1 N–H and O–H groups in total. The number of anilines is 1. The molecule has 0 saturated carbocycles. The summed E-state index contributed by atoms with van der Waals surface area (Å²) in [6.07, 6.45) is 3.07. The third kappa shape index (κ3) is 1.91. The Hall–Kier alpha value is -2.08. The van der Waals surface area contributed by atoms with Gasteiger partial charge in [-0.05, 0) is 19.1 Å². The fourth-order valence-corrected chi connectivity index (χ4v) is 1.90. The minimum absolute atomic E-state index is 0.00846. The molecule has 3 aromatic heterocycles. The number of fused-ring (bicyclic) bond motifs is 1. The van der Waals surface area contributed by atoms with Crippen LogP contribution in [0.4, 0.5) is 5.82 Å². The molecule has 0 aliphatic rings. The van der Waals surface area contributed by atoms with Crippen LogP contribution in [0.2, 0.25) is 5.15 Å². The largest absolute Gasteiger partial charge is 0.467 e. The van der Waals surface area contributed by atoms with Crippen molar-refractivity contribution in [3.8, 4) is 0 Å². The number of nitrogens with zero attached hydrogens (tertiary/aromatic N) is 4. The summed E-state index contributed by atoms with van der Waals surface area (Å²) in [6, 6.07) is 5.44. The Morgan fingerprint density at radius 1 is 1.50 bits per heavy atom. The third-order valence-corrected chi connectivity index (χ3v) is 2.75. The maximum absolute atomic E-state index is 5.93. The molecule has 3 heterocycles. The molecular weight excluding hydrogens is 254 g/mol. The van der Waals surface area contributed by atoms with E-state index >= 15 is 0 Å². The zero-order chi connectivity index (χ0) is 12.5. The van der Waals surface area contributed by atoms with E-state index in [4.69, 9.17) is 16.0 Å². The molecule has 0 aliphatic carbocycles. The molecule has 0 aromatic carbocycles. The number of nitrogens with one attached hydrogen (secondary N) is 1. The highest BCUT2D eigenvalue weighted by molar-refractivity contribution is 6.29. The predicted molar refractivity (Wildman–Crippen MR) is 66.5 cm³/mol. The Balaban J connectivity index is 1.97. The lowest BCUT2D eigenvalue weighted by atomic mass is 10.2. The lowest BCUT2D eigenvalue weighted by Crippen LogP contribution is -2.10. The minimum Gasteiger partial charge on any atom is -0.467 e. The molecule has 18 heavy (non-hydrogen) atoms. The van der Waals surface area contributed by atoms with E-state index in [9.17, 15) is 0 Å². The highest BCUT2D eigenvalue weighted by atomic mass is 35.5. The van der Waals surface area contributed by atoms with E-state index in [0.29, 0.717) is 16.7 Å². The van der Waals surface area contributed by atoms with Gasteiger partial charge in [-0.25, -0.2) is 0 Å². The molecule has 0 spiro atoms. The van der Waals surface area contributed by atoms with Crippen molar-refractivity contribution in [2.24, 2.45) is 0 Å². The van der Waals surface area contributed by atoms with E-state index in [-0.39, 0.29) is 6.04 Å². The average molecular weight is 264 g/mol. The summed E-state index contributed by atoms with van der Waals surface area (Å²) in [5, 5.41) is 7.71. The maximum atomic E-state index is 5.93. The quantitative estimate of drug-likeness (QED) is 0.736. The Morgan fingerprint density at radius 2 is 2.39 bits per heavy atom. The van der Waals surface area contributed by atoms with Crippen LogP contribution in [0.15, 0.2) is 35.2 Å². The molecule has 0 fully saturated rings. The number of furan rings is 1. The molecule has 0 radical (unpaired) electrons. The Labute approximate surface area is 108 Å². The first-order chi connectivity index (χ1) is 8.74. The second-order valence-corrected chi connectivity index (χ2v) is 4.20. The summed E-state index contributed by atoms with van der Waals surface area (Å²) >= 11 is 5.93. The van der Waals surface area contributed by atoms with Gasteiger partial charge >= 0.3 is 0 Å². The predicted octanol–water partition coefficient (Wildman–Crippen LogP) is 2.54. The van der Waals surface area contributed by atoms with E-state index in [0.717, 1.165) is 5.76 Å². The minimum atomic E-state index is -0.00846. The topological polar surface area (TPSA) is 68.2 Å². The van der Waals surface area contributed by atoms with E-state index in [1.165, 1.54) is 6.33 Å². The SMILES string of the molecule is CC(Nc1cc(Cl)nc2ncnn12)c1ccco1. The summed E-state index contributed by atoms with van der Waals surface area (Å²) in [5.41, 5.74) is 0. The van der Waals surface area contributed by atoms with Crippen LogP contribution in [-0.2, 0) is 0 Å². The first kappa shape index (κ1) is 11.0. The van der Waals surface area contributed by atoms with E-state index in [2.05, 4.69) is 20.4 Å². The van der Waals surface area contributed by atoms with Crippen molar-refractivity contribution < 1.29 is 4.42 Å². The van der Waals surface area contributed by atoms with E-state index < -0.39 is 0 Å². The number of aromatic nitrogens is 4. The van der Waals surface area contributed by atoms with Crippen molar-refractivity contribution >= 4 is 23.2 Å². The van der Waals surface area contributed by atoms with Crippen molar-refractivity contribution in [1.29, 1.82) is 0 Å². The highest BCUT2D eigenvalue weighted by Crippen LogP contribution is 2.21. The van der Waals surface area contributed by atoms with Gasteiger partial charge in [0.2, 0.25) is 0 Å². The summed E-state index contributed by atoms with van der Waals surface area (Å²) in [6.45, 7) is 1.98. The van der Waals surface area contributed by atoms with Gasteiger partial charge in [-0.1, -0.05) is 11.6 Å². The van der Waals surface area contributed by atoms with Gasteiger partial charge in [-0.2, -0.15) is 19.6 Å². The van der Waals surface area contributed by atoms with E-state index in [1.54, 1.807) is 16.8 Å². The summed E-state index contributed by atoms with van der Waals surface area (Å²) < 4.78 is 6.92. The van der Waals surface area contributed by atoms with Crippen molar-refractivity contribution in [2.45, 2.75) is 13.0 Å². The van der Waals surface area contributed by atoms with Gasteiger partial charge in [0, 0.05) is 6.07 Å². The first-order valence-corrected chi connectivity index (χ1v) is 5.78. The monoisotopic (exact) mass is 263 g/mol. The lowest BCUT2D eigenvalue weighted by Gasteiger charge is -2.13. The normalized spacial score (nSPS) is 12.8. The van der Waals surface area contributed by atoms with Crippen LogP contribution in [0.25, 0.3) is 5.78 Å². The lowest BCUT2D eigenvalue weighted by molar-refractivity contribution is 0.489. The third-order valence-electron chi connectivity index (χ3n) is 2.55. The zero-order valence-corrected chi connectivity index (χ0v) is 10.3. The molecule has 3 rings (SSSR count). The second kappa shape index (κ2) is 4.30. The Bertz CT molecular complexity index is 663. The molecule has 6 nitrogen and oxygen atoms in total. The van der Waals surface area contributed by atoms with Crippen LogP contribution < -0.4 is 5.32 Å². The van der Waals surface area contributed by atoms with Crippen molar-refractivity contribution in [3.05, 3.63) is 41.7 Å².